The van der Waals surface area contributed by atoms with Gasteiger partial charge in [0, 0.05) is 24.7 Å². The van der Waals surface area contributed by atoms with E-state index < -0.39 is 0 Å². The van der Waals surface area contributed by atoms with Gasteiger partial charge in [0.1, 0.15) is 5.82 Å². The molecule has 4 heteroatoms. The SMILES string of the molecule is CCN(CC)CCc1nc(CC(C)C)cc(=O)[nH]1. The smallest absolute Gasteiger partial charge is 0.251 e. The van der Waals surface area contributed by atoms with E-state index in [0.29, 0.717) is 5.92 Å². The Balaban J connectivity index is 2.70. The molecule has 0 atom stereocenters. The second kappa shape index (κ2) is 7.31. The zero-order valence-electron chi connectivity index (χ0n) is 12.0. The molecule has 0 spiro atoms. The van der Waals surface area contributed by atoms with Crippen molar-refractivity contribution in [3.05, 3.63) is 27.9 Å². The van der Waals surface area contributed by atoms with Crippen molar-refractivity contribution >= 4 is 0 Å². The van der Waals surface area contributed by atoms with Crippen molar-refractivity contribution in [2.75, 3.05) is 19.6 Å². The fraction of sp³-hybridized carbons (Fsp3) is 0.714. The summed E-state index contributed by atoms with van der Waals surface area (Å²) >= 11 is 0. The summed E-state index contributed by atoms with van der Waals surface area (Å²) in [4.78, 5) is 21.3. The molecule has 0 unspecified atom stereocenters. The first-order valence-electron chi connectivity index (χ1n) is 6.86. The maximum absolute atomic E-state index is 11.6. The highest BCUT2D eigenvalue weighted by Crippen LogP contribution is 2.03. The van der Waals surface area contributed by atoms with Crippen LogP contribution in [0.4, 0.5) is 0 Å². The molecule has 1 rings (SSSR count). The third-order valence-corrected chi connectivity index (χ3v) is 3.02. The van der Waals surface area contributed by atoms with Gasteiger partial charge in [0.15, 0.2) is 0 Å². The fourth-order valence-corrected chi connectivity index (χ4v) is 2.01. The lowest BCUT2D eigenvalue weighted by Gasteiger charge is -2.17. The van der Waals surface area contributed by atoms with Crippen molar-refractivity contribution < 1.29 is 0 Å². The van der Waals surface area contributed by atoms with Gasteiger partial charge in [-0.1, -0.05) is 27.7 Å². The van der Waals surface area contributed by atoms with Gasteiger partial charge in [-0.05, 0) is 25.4 Å². The second-order valence-corrected chi connectivity index (χ2v) is 5.06. The van der Waals surface area contributed by atoms with Gasteiger partial charge in [0.25, 0.3) is 5.56 Å². The van der Waals surface area contributed by atoms with E-state index in [1.165, 1.54) is 0 Å². The molecule has 0 radical (unpaired) electrons. The Hall–Kier alpha value is -1.16. The van der Waals surface area contributed by atoms with Crippen molar-refractivity contribution in [1.82, 2.24) is 14.9 Å². The van der Waals surface area contributed by atoms with Gasteiger partial charge in [0.05, 0.1) is 0 Å². The number of likely N-dealkylation sites (N-methyl/N-ethyl adjacent to an activating group) is 1. The van der Waals surface area contributed by atoms with Crippen LogP contribution in [0.2, 0.25) is 0 Å². The number of hydrogen-bond donors (Lipinski definition) is 1. The van der Waals surface area contributed by atoms with Crippen LogP contribution < -0.4 is 5.56 Å². The molecule has 1 N–H and O–H groups in total. The molecule has 1 aromatic heterocycles. The number of aromatic amines is 1. The van der Waals surface area contributed by atoms with Crippen LogP contribution in [-0.4, -0.2) is 34.5 Å². The molecule has 1 heterocycles. The Bertz CT molecular complexity index is 408. The Morgan fingerprint density at radius 2 is 2.00 bits per heavy atom. The fourth-order valence-electron chi connectivity index (χ4n) is 2.01. The van der Waals surface area contributed by atoms with Gasteiger partial charge >= 0.3 is 0 Å². The summed E-state index contributed by atoms with van der Waals surface area (Å²) in [5, 5.41) is 0. The summed E-state index contributed by atoms with van der Waals surface area (Å²) in [6.07, 6.45) is 1.67. The molecule has 0 amide bonds. The standard InChI is InChI=1S/C14H25N3O/c1-5-17(6-2)8-7-13-15-12(9-11(3)4)10-14(18)16-13/h10-11H,5-9H2,1-4H3,(H,15,16,18). The number of H-pyrrole nitrogens is 1. The molecule has 0 bridgehead atoms. The first-order valence-corrected chi connectivity index (χ1v) is 6.86. The lowest BCUT2D eigenvalue weighted by Crippen LogP contribution is -2.26. The summed E-state index contributed by atoms with van der Waals surface area (Å²) in [5.41, 5.74) is 0.874. The zero-order chi connectivity index (χ0) is 13.5. The first kappa shape index (κ1) is 14.9. The molecule has 0 saturated heterocycles. The van der Waals surface area contributed by atoms with Crippen molar-refractivity contribution in [3.8, 4) is 0 Å². The van der Waals surface area contributed by atoms with Gasteiger partial charge in [-0.25, -0.2) is 4.98 Å². The van der Waals surface area contributed by atoms with Gasteiger partial charge in [-0.2, -0.15) is 0 Å². The van der Waals surface area contributed by atoms with Crippen molar-refractivity contribution in [1.29, 1.82) is 0 Å². The predicted molar refractivity (Wildman–Crippen MR) is 74.9 cm³/mol. The van der Waals surface area contributed by atoms with Crippen LogP contribution in [0.3, 0.4) is 0 Å². The topological polar surface area (TPSA) is 49.0 Å². The van der Waals surface area contributed by atoms with Crippen LogP contribution in [0.5, 0.6) is 0 Å². The van der Waals surface area contributed by atoms with E-state index in [0.717, 1.165) is 44.0 Å². The van der Waals surface area contributed by atoms with E-state index >= 15 is 0 Å². The first-order chi connectivity index (χ1) is 8.55. The summed E-state index contributed by atoms with van der Waals surface area (Å²) < 4.78 is 0. The van der Waals surface area contributed by atoms with Crippen LogP contribution in [0, 0.1) is 5.92 Å². The van der Waals surface area contributed by atoms with Crippen molar-refractivity contribution in [2.24, 2.45) is 5.92 Å². The van der Waals surface area contributed by atoms with Crippen molar-refractivity contribution in [3.63, 3.8) is 0 Å². The van der Waals surface area contributed by atoms with E-state index in [1.807, 2.05) is 0 Å². The van der Waals surface area contributed by atoms with Gasteiger partial charge in [-0.3, -0.25) is 4.79 Å². The molecule has 0 aromatic carbocycles. The maximum Gasteiger partial charge on any atom is 0.251 e. The predicted octanol–water partition coefficient (Wildman–Crippen LogP) is 1.85. The van der Waals surface area contributed by atoms with Gasteiger partial charge < -0.3 is 9.88 Å². The molecule has 102 valence electrons. The number of rotatable bonds is 7. The largest absolute Gasteiger partial charge is 0.311 e. The Labute approximate surface area is 109 Å². The number of nitrogens with one attached hydrogen (secondary N) is 1. The minimum Gasteiger partial charge on any atom is -0.311 e. The maximum atomic E-state index is 11.6. The van der Waals surface area contributed by atoms with E-state index in [-0.39, 0.29) is 5.56 Å². The molecule has 0 fully saturated rings. The van der Waals surface area contributed by atoms with Gasteiger partial charge in [0.2, 0.25) is 0 Å². The van der Waals surface area contributed by atoms with Crippen LogP contribution in [-0.2, 0) is 12.8 Å². The average molecular weight is 251 g/mol. The number of aromatic nitrogens is 2. The molecule has 0 aliphatic heterocycles. The number of nitrogens with zero attached hydrogens (tertiary/aromatic N) is 2. The quantitative estimate of drug-likeness (QED) is 0.804. The summed E-state index contributed by atoms with van der Waals surface area (Å²) in [6.45, 7) is 11.6. The molecular weight excluding hydrogens is 226 g/mol. The van der Waals surface area contributed by atoms with Crippen LogP contribution in [0.1, 0.15) is 39.2 Å². The lowest BCUT2D eigenvalue weighted by atomic mass is 10.1. The molecule has 0 saturated carbocycles. The second-order valence-electron chi connectivity index (χ2n) is 5.06. The average Bonchev–Trinajstić information content (AvgIpc) is 2.28. The summed E-state index contributed by atoms with van der Waals surface area (Å²) in [5.74, 6) is 1.33. The van der Waals surface area contributed by atoms with Crippen LogP contribution in [0.15, 0.2) is 10.9 Å². The minimum atomic E-state index is -0.0322. The van der Waals surface area contributed by atoms with Gasteiger partial charge in [-0.15, -0.1) is 0 Å². The Morgan fingerprint density at radius 3 is 2.56 bits per heavy atom. The lowest BCUT2D eigenvalue weighted by molar-refractivity contribution is 0.305. The molecule has 4 nitrogen and oxygen atoms in total. The Kier molecular flexibility index (Phi) is 6.05. The van der Waals surface area contributed by atoms with E-state index in [4.69, 9.17) is 0 Å². The molecule has 18 heavy (non-hydrogen) atoms. The highest BCUT2D eigenvalue weighted by atomic mass is 16.1. The molecule has 1 aromatic rings. The third kappa shape index (κ3) is 5.00. The van der Waals surface area contributed by atoms with E-state index in [2.05, 4.69) is 42.6 Å². The minimum absolute atomic E-state index is 0.0322. The molecule has 0 aliphatic rings. The van der Waals surface area contributed by atoms with Crippen molar-refractivity contribution in [2.45, 2.75) is 40.5 Å². The summed E-state index contributed by atoms with van der Waals surface area (Å²) in [6, 6.07) is 1.61. The molecular formula is C14H25N3O. The van der Waals surface area contributed by atoms with E-state index in [9.17, 15) is 4.79 Å². The molecule has 0 aliphatic carbocycles. The van der Waals surface area contributed by atoms with E-state index in [1.54, 1.807) is 6.07 Å². The summed E-state index contributed by atoms with van der Waals surface area (Å²) in [7, 11) is 0. The van der Waals surface area contributed by atoms with Crippen LogP contribution in [0.25, 0.3) is 0 Å². The monoisotopic (exact) mass is 251 g/mol. The number of hydrogen-bond acceptors (Lipinski definition) is 3. The normalized spacial score (nSPS) is 11.4. The van der Waals surface area contributed by atoms with Crippen LogP contribution >= 0.6 is 0 Å². The highest BCUT2D eigenvalue weighted by Gasteiger charge is 2.05. The Morgan fingerprint density at radius 1 is 1.33 bits per heavy atom. The highest BCUT2D eigenvalue weighted by molar-refractivity contribution is 5.04. The third-order valence-electron chi connectivity index (χ3n) is 3.02. The zero-order valence-corrected chi connectivity index (χ0v) is 12.0.